The van der Waals surface area contributed by atoms with Crippen LogP contribution in [0.5, 0.6) is 0 Å². The summed E-state index contributed by atoms with van der Waals surface area (Å²) in [4.78, 5) is 19.2. The number of hydrogen-bond donors (Lipinski definition) is 0. The predicted molar refractivity (Wildman–Crippen MR) is 188 cm³/mol. The van der Waals surface area contributed by atoms with Crippen LogP contribution in [-0.4, -0.2) is 19.9 Å². The highest BCUT2D eigenvalue weighted by molar-refractivity contribution is 6.04. The maximum atomic E-state index is 4.91. The van der Waals surface area contributed by atoms with Crippen LogP contribution < -0.4 is 0 Å². The van der Waals surface area contributed by atoms with Gasteiger partial charge in [0.15, 0.2) is 17.5 Å². The van der Waals surface area contributed by atoms with E-state index < -0.39 is 0 Å². The first-order valence-corrected chi connectivity index (χ1v) is 15.3. The van der Waals surface area contributed by atoms with Gasteiger partial charge in [-0.05, 0) is 45.2 Å². The molecule has 0 aliphatic heterocycles. The molecule has 2 aromatic heterocycles. The van der Waals surface area contributed by atoms with Gasteiger partial charge in [-0.3, -0.25) is 4.98 Å². The molecule has 0 saturated heterocycles. The van der Waals surface area contributed by atoms with Crippen LogP contribution in [0.25, 0.3) is 78.4 Å². The Hall–Kier alpha value is -6.26. The van der Waals surface area contributed by atoms with Crippen LogP contribution in [0.3, 0.4) is 0 Å². The molecule has 0 unspecified atom stereocenters. The van der Waals surface area contributed by atoms with Crippen molar-refractivity contribution in [2.24, 2.45) is 0 Å². The largest absolute Gasteiger partial charge is 0.256 e. The van der Waals surface area contributed by atoms with Gasteiger partial charge in [-0.2, -0.15) is 0 Å². The van der Waals surface area contributed by atoms with Gasteiger partial charge in [0.05, 0.1) is 5.69 Å². The average Bonchev–Trinajstić information content (AvgIpc) is 3.15. The van der Waals surface area contributed by atoms with Crippen molar-refractivity contribution in [3.8, 4) is 67.7 Å². The van der Waals surface area contributed by atoms with Crippen LogP contribution in [0.2, 0.25) is 0 Å². The number of pyridine rings is 1. The average molecular weight is 589 g/mol. The van der Waals surface area contributed by atoms with Crippen LogP contribution >= 0.6 is 0 Å². The zero-order valence-electron chi connectivity index (χ0n) is 25.0. The van der Waals surface area contributed by atoms with Crippen molar-refractivity contribution >= 4 is 10.8 Å². The van der Waals surface area contributed by atoms with Crippen molar-refractivity contribution in [2.45, 2.75) is 0 Å². The van der Waals surface area contributed by atoms with Gasteiger partial charge >= 0.3 is 0 Å². The third kappa shape index (κ3) is 5.33. The molecule has 216 valence electrons. The Morgan fingerprint density at radius 1 is 0.326 bits per heavy atom. The second kappa shape index (κ2) is 12.0. The quantitative estimate of drug-likeness (QED) is 0.194. The molecule has 4 nitrogen and oxygen atoms in total. The minimum absolute atomic E-state index is 0.642. The lowest BCUT2D eigenvalue weighted by Crippen LogP contribution is -2.00. The molecule has 0 N–H and O–H groups in total. The smallest absolute Gasteiger partial charge is 0.164 e. The normalized spacial score (nSPS) is 11.0. The molecule has 0 fully saturated rings. The van der Waals surface area contributed by atoms with Gasteiger partial charge in [-0.25, -0.2) is 15.0 Å². The topological polar surface area (TPSA) is 51.6 Å². The molecule has 0 bridgehead atoms. The fraction of sp³-hybridized carbons (Fsp3) is 0. The van der Waals surface area contributed by atoms with E-state index in [0.29, 0.717) is 17.5 Å². The second-order valence-corrected chi connectivity index (χ2v) is 11.1. The molecule has 8 rings (SSSR count). The highest BCUT2D eigenvalue weighted by Gasteiger charge is 2.15. The fourth-order valence-electron chi connectivity index (χ4n) is 5.90. The van der Waals surface area contributed by atoms with E-state index in [1.807, 2.05) is 85.1 Å². The summed E-state index contributed by atoms with van der Waals surface area (Å²) in [6.45, 7) is 0. The van der Waals surface area contributed by atoms with Crippen molar-refractivity contribution in [3.05, 3.63) is 170 Å². The van der Waals surface area contributed by atoms with Crippen LogP contribution in [0.15, 0.2) is 170 Å². The zero-order valence-corrected chi connectivity index (χ0v) is 25.0. The van der Waals surface area contributed by atoms with Gasteiger partial charge < -0.3 is 0 Å². The summed E-state index contributed by atoms with van der Waals surface area (Å²) in [6, 6.07) is 56.4. The van der Waals surface area contributed by atoms with Gasteiger partial charge in [-0.15, -0.1) is 0 Å². The zero-order chi connectivity index (χ0) is 30.7. The minimum atomic E-state index is 0.642. The Morgan fingerprint density at radius 2 is 0.826 bits per heavy atom. The van der Waals surface area contributed by atoms with Gasteiger partial charge in [0.25, 0.3) is 0 Å². The molecule has 0 radical (unpaired) electrons. The van der Waals surface area contributed by atoms with E-state index in [1.54, 1.807) is 0 Å². The van der Waals surface area contributed by atoms with Crippen LogP contribution in [0, 0.1) is 0 Å². The maximum Gasteiger partial charge on any atom is 0.164 e. The number of benzene rings is 6. The van der Waals surface area contributed by atoms with Gasteiger partial charge in [0.1, 0.15) is 0 Å². The standard InChI is InChI=1S/C42H28N4/c1-3-12-33(13-4-1)40-44-41(34-14-5-2-6-15-34)46-42(45-40)35-24-18-30(19-25-35)37-27-26-29-11-7-8-16-36(29)39(37)32-22-20-31(21-23-32)38-17-9-10-28-43-38/h1-28H. The Kier molecular flexibility index (Phi) is 7.14. The number of fused-ring (bicyclic) bond motifs is 1. The summed E-state index contributed by atoms with van der Waals surface area (Å²) in [5.74, 6) is 1.95. The Bertz CT molecular complexity index is 2210. The van der Waals surface area contributed by atoms with Crippen molar-refractivity contribution < 1.29 is 0 Å². The highest BCUT2D eigenvalue weighted by Crippen LogP contribution is 2.39. The lowest BCUT2D eigenvalue weighted by Gasteiger charge is -2.15. The van der Waals surface area contributed by atoms with E-state index in [9.17, 15) is 0 Å². The Balaban J connectivity index is 1.22. The summed E-state index contributed by atoms with van der Waals surface area (Å²) in [7, 11) is 0. The van der Waals surface area contributed by atoms with E-state index in [-0.39, 0.29) is 0 Å². The van der Waals surface area contributed by atoms with E-state index >= 15 is 0 Å². The predicted octanol–water partition coefficient (Wildman–Crippen LogP) is 10.4. The first-order chi connectivity index (χ1) is 22.8. The van der Waals surface area contributed by atoms with E-state index in [0.717, 1.165) is 39.1 Å². The van der Waals surface area contributed by atoms with E-state index in [4.69, 9.17) is 15.0 Å². The first kappa shape index (κ1) is 27.3. The second-order valence-electron chi connectivity index (χ2n) is 11.1. The Morgan fingerprint density at radius 3 is 1.43 bits per heavy atom. The number of aromatic nitrogens is 4. The van der Waals surface area contributed by atoms with Crippen LogP contribution in [-0.2, 0) is 0 Å². The molecule has 6 aromatic carbocycles. The van der Waals surface area contributed by atoms with Gasteiger partial charge in [0, 0.05) is 28.5 Å². The van der Waals surface area contributed by atoms with Crippen molar-refractivity contribution in [1.82, 2.24) is 19.9 Å². The van der Waals surface area contributed by atoms with Crippen molar-refractivity contribution in [2.75, 3.05) is 0 Å². The SMILES string of the molecule is c1ccc(-c2nc(-c3ccccc3)nc(-c3ccc(-c4ccc5ccccc5c4-c4ccc(-c5ccccn5)cc4)cc3)n2)cc1. The molecule has 0 atom stereocenters. The third-order valence-electron chi connectivity index (χ3n) is 8.22. The van der Waals surface area contributed by atoms with E-state index in [2.05, 4.69) is 89.9 Å². The summed E-state index contributed by atoms with van der Waals surface area (Å²) in [6.07, 6.45) is 1.83. The summed E-state index contributed by atoms with van der Waals surface area (Å²) in [5.41, 5.74) is 9.56. The molecule has 0 aliphatic rings. The highest BCUT2D eigenvalue weighted by atomic mass is 15.0. The van der Waals surface area contributed by atoms with Gasteiger partial charge in [-0.1, -0.05) is 152 Å². The van der Waals surface area contributed by atoms with Crippen molar-refractivity contribution in [1.29, 1.82) is 0 Å². The molecule has 4 heteroatoms. The maximum absolute atomic E-state index is 4.91. The number of rotatable bonds is 6. The van der Waals surface area contributed by atoms with Crippen molar-refractivity contribution in [3.63, 3.8) is 0 Å². The molecule has 0 amide bonds. The molecular weight excluding hydrogens is 560 g/mol. The summed E-state index contributed by atoms with van der Waals surface area (Å²) in [5, 5.41) is 2.42. The molecule has 2 heterocycles. The molecule has 0 saturated carbocycles. The first-order valence-electron chi connectivity index (χ1n) is 15.3. The Labute approximate surface area is 267 Å². The molecule has 46 heavy (non-hydrogen) atoms. The lowest BCUT2D eigenvalue weighted by molar-refractivity contribution is 1.07. The molecular formula is C42H28N4. The van der Waals surface area contributed by atoms with E-state index in [1.165, 1.54) is 21.9 Å². The monoisotopic (exact) mass is 588 g/mol. The molecule has 8 aromatic rings. The van der Waals surface area contributed by atoms with Gasteiger partial charge in [0.2, 0.25) is 0 Å². The molecule has 0 aliphatic carbocycles. The van der Waals surface area contributed by atoms with Crippen LogP contribution in [0.1, 0.15) is 0 Å². The summed E-state index contributed by atoms with van der Waals surface area (Å²) < 4.78 is 0. The minimum Gasteiger partial charge on any atom is -0.256 e. The van der Waals surface area contributed by atoms with Crippen LogP contribution in [0.4, 0.5) is 0 Å². The third-order valence-corrected chi connectivity index (χ3v) is 8.22. The lowest BCUT2D eigenvalue weighted by atomic mass is 9.89. The summed E-state index contributed by atoms with van der Waals surface area (Å²) >= 11 is 0. The number of hydrogen-bond acceptors (Lipinski definition) is 4. The molecule has 0 spiro atoms. The number of nitrogens with zero attached hydrogens (tertiary/aromatic N) is 4. The fourth-order valence-corrected chi connectivity index (χ4v) is 5.90.